The van der Waals surface area contributed by atoms with Gasteiger partial charge in [0.15, 0.2) is 9.84 Å². The standard InChI is InChI=1S/C12H17BrN2O2S/c1-15(11-4-5-18(16,17)8-11)7-9-2-3-10(13)6-12(9)14/h2-3,6,11H,4-5,7-8,14H2,1H3. The molecule has 6 heteroatoms. The molecule has 0 saturated carbocycles. The summed E-state index contributed by atoms with van der Waals surface area (Å²) in [5.41, 5.74) is 7.71. The molecule has 0 radical (unpaired) electrons. The maximum absolute atomic E-state index is 11.5. The van der Waals surface area contributed by atoms with Crippen LogP contribution in [0.4, 0.5) is 5.69 Å². The predicted molar refractivity (Wildman–Crippen MR) is 77.1 cm³/mol. The van der Waals surface area contributed by atoms with E-state index in [1.807, 2.05) is 25.2 Å². The maximum atomic E-state index is 11.5. The first-order valence-corrected chi connectivity index (χ1v) is 8.43. The fourth-order valence-electron chi connectivity index (χ4n) is 2.23. The summed E-state index contributed by atoms with van der Waals surface area (Å²) in [6.07, 6.45) is 0.718. The van der Waals surface area contributed by atoms with E-state index in [-0.39, 0.29) is 11.8 Å². The van der Waals surface area contributed by atoms with Gasteiger partial charge in [-0.1, -0.05) is 22.0 Å². The number of hydrogen-bond donors (Lipinski definition) is 1. The Hall–Kier alpha value is -0.590. The second kappa shape index (κ2) is 5.19. The third kappa shape index (κ3) is 3.24. The summed E-state index contributed by atoms with van der Waals surface area (Å²) < 4.78 is 23.9. The van der Waals surface area contributed by atoms with Gasteiger partial charge in [0.25, 0.3) is 0 Å². The van der Waals surface area contributed by atoms with Crippen molar-refractivity contribution < 1.29 is 8.42 Å². The Morgan fingerprint density at radius 2 is 2.22 bits per heavy atom. The van der Waals surface area contributed by atoms with Crippen LogP contribution in [-0.4, -0.2) is 37.9 Å². The first-order chi connectivity index (χ1) is 8.37. The molecule has 0 bridgehead atoms. The largest absolute Gasteiger partial charge is 0.398 e. The highest BCUT2D eigenvalue weighted by atomic mass is 79.9. The van der Waals surface area contributed by atoms with Crippen molar-refractivity contribution >= 4 is 31.5 Å². The van der Waals surface area contributed by atoms with Crippen LogP contribution in [0, 0.1) is 0 Å². The molecule has 1 atom stereocenters. The lowest BCUT2D eigenvalue weighted by atomic mass is 10.1. The monoisotopic (exact) mass is 332 g/mol. The number of benzene rings is 1. The molecule has 0 aromatic heterocycles. The van der Waals surface area contributed by atoms with Crippen LogP contribution in [0.2, 0.25) is 0 Å². The Labute approximate surface area is 116 Å². The molecule has 1 aromatic rings. The number of nitrogen functional groups attached to an aromatic ring is 1. The molecule has 100 valence electrons. The molecule has 1 fully saturated rings. The SMILES string of the molecule is CN(Cc1ccc(Br)cc1N)C1CCS(=O)(=O)C1. The van der Waals surface area contributed by atoms with Gasteiger partial charge in [-0.25, -0.2) is 8.42 Å². The molecular formula is C12H17BrN2O2S. The molecule has 1 saturated heterocycles. The van der Waals surface area contributed by atoms with Crippen LogP contribution < -0.4 is 5.73 Å². The second-order valence-electron chi connectivity index (χ2n) is 4.82. The number of nitrogens with zero attached hydrogens (tertiary/aromatic N) is 1. The highest BCUT2D eigenvalue weighted by molar-refractivity contribution is 9.10. The summed E-state index contributed by atoms with van der Waals surface area (Å²) >= 11 is 3.37. The van der Waals surface area contributed by atoms with Crippen molar-refractivity contribution in [2.24, 2.45) is 0 Å². The van der Waals surface area contributed by atoms with Gasteiger partial charge in [0.05, 0.1) is 11.5 Å². The zero-order chi connectivity index (χ0) is 13.3. The lowest BCUT2D eigenvalue weighted by molar-refractivity contribution is 0.254. The van der Waals surface area contributed by atoms with E-state index in [1.165, 1.54) is 0 Å². The average molecular weight is 333 g/mol. The van der Waals surface area contributed by atoms with Crippen molar-refractivity contribution in [3.8, 4) is 0 Å². The normalized spacial score (nSPS) is 22.5. The quantitative estimate of drug-likeness (QED) is 0.855. The number of hydrogen-bond acceptors (Lipinski definition) is 4. The molecule has 1 heterocycles. The Bertz CT molecular complexity index is 545. The average Bonchev–Trinajstić information content (AvgIpc) is 2.63. The molecule has 0 amide bonds. The van der Waals surface area contributed by atoms with E-state index in [0.717, 1.165) is 22.1 Å². The third-order valence-electron chi connectivity index (χ3n) is 3.36. The van der Waals surface area contributed by atoms with E-state index in [1.54, 1.807) is 0 Å². The van der Waals surface area contributed by atoms with Gasteiger partial charge in [-0.15, -0.1) is 0 Å². The van der Waals surface area contributed by atoms with E-state index in [4.69, 9.17) is 5.73 Å². The zero-order valence-corrected chi connectivity index (χ0v) is 12.7. The molecule has 2 rings (SSSR count). The first kappa shape index (κ1) is 13.8. The van der Waals surface area contributed by atoms with Crippen LogP contribution in [0.1, 0.15) is 12.0 Å². The van der Waals surface area contributed by atoms with Crippen LogP contribution in [0.3, 0.4) is 0 Å². The van der Waals surface area contributed by atoms with Crippen LogP contribution in [0.15, 0.2) is 22.7 Å². The fraction of sp³-hybridized carbons (Fsp3) is 0.500. The van der Waals surface area contributed by atoms with Crippen molar-refractivity contribution in [1.82, 2.24) is 4.90 Å². The molecule has 18 heavy (non-hydrogen) atoms. The summed E-state index contributed by atoms with van der Waals surface area (Å²) in [4.78, 5) is 2.07. The van der Waals surface area contributed by atoms with Gasteiger partial charge in [0, 0.05) is 22.7 Å². The van der Waals surface area contributed by atoms with Crippen molar-refractivity contribution in [1.29, 1.82) is 0 Å². The number of rotatable bonds is 3. The Morgan fingerprint density at radius 3 is 2.78 bits per heavy atom. The van der Waals surface area contributed by atoms with Gasteiger partial charge >= 0.3 is 0 Å². The summed E-state index contributed by atoms with van der Waals surface area (Å²) in [5, 5.41) is 0. The predicted octanol–water partition coefficient (Wildman–Crippen LogP) is 1.65. The smallest absolute Gasteiger partial charge is 0.151 e. The van der Waals surface area contributed by atoms with Crippen LogP contribution >= 0.6 is 15.9 Å². The van der Waals surface area contributed by atoms with Crippen molar-refractivity contribution in [2.45, 2.75) is 19.0 Å². The lowest BCUT2D eigenvalue weighted by Crippen LogP contribution is -2.32. The molecule has 0 spiro atoms. The van der Waals surface area contributed by atoms with Crippen LogP contribution in [0.25, 0.3) is 0 Å². The summed E-state index contributed by atoms with van der Waals surface area (Å²) in [7, 11) is -0.879. The number of halogens is 1. The number of anilines is 1. The highest BCUT2D eigenvalue weighted by Crippen LogP contribution is 2.23. The summed E-state index contributed by atoms with van der Waals surface area (Å²) in [6, 6.07) is 5.90. The highest BCUT2D eigenvalue weighted by Gasteiger charge is 2.30. The summed E-state index contributed by atoms with van der Waals surface area (Å²) in [5.74, 6) is 0.567. The minimum Gasteiger partial charge on any atom is -0.398 e. The number of sulfone groups is 1. The molecule has 4 nitrogen and oxygen atoms in total. The molecular weight excluding hydrogens is 316 g/mol. The zero-order valence-electron chi connectivity index (χ0n) is 10.3. The Kier molecular flexibility index (Phi) is 3.99. The van der Waals surface area contributed by atoms with Gasteiger partial charge in [0.1, 0.15) is 0 Å². The molecule has 1 unspecified atom stereocenters. The Balaban J connectivity index is 2.05. The first-order valence-electron chi connectivity index (χ1n) is 5.82. The van der Waals surface area contributed by atoms with Gasteiger partial charge in [-0.2, -0.15) is 0 Å². The Morgan fingerprint density at radius 1 is 1.50 bits per heavy atom. The van der Waals surface area contributed by atoms with Crippen LogP contribution in [0.5, 0.6) is 0 Å². The summed E-state index contributed by atoms with van der Waals surface area (Å²) in [6.45, 7) is 0.680. The van der Waals surface area contributed by atoms with Crippen molar-refractivity contribution in [3.63, 3.8) is 0 Å². The fourth-order valence-corrected chi connectivity index (χ4v) is 4.41. The van der Waals surface area contributed by atoms with Gasteiger partial charge in [-0.3, -0.25) is 4.90 Å². The number of nitrogens with two attached hydrogens (primary N) is 1. The topological polar surface area (TPSA) is 63.4 Å². The van der Waals surface area contributed by atoms with E-state index in [2.05, 4.69) is 20.8 Å². The lowest BCUT2D eigenvalue weighted by Gasteiger charge is -2.23. The second-order valence-corrected chi connectivity index (χ2v) is 7.96. The van der Waals surface area contributed by atoms with Gasteiger partial charge in [0.2, 0.25) is 0 Å². The van der Waals surface area contributed by atoms with Crippen LogP contribution in [-0.2, 0) is 16.4 Å². The molecule has 1 aliphatic heterocycles. The molecule has 1 aliphatic rings. The van der Waals surface area contributed by atoms with E-state index >= 15 is 0 Å². The molecule has 0 aliphatic carbocycles. The van der Waals surface area contributed by atoms with Gasteiger partial charge in [-0.05, 0) is 31.2 Å². The molecule has 2 N–H and O–H groups in total. The van der Waals surface area contributed by atoms with E-state index < -0.39 is 9.84 Å². The third-order valence-corrected chi connectivity index (χ3v) is 5.60. The van der Waals surface area contributed by atoms with E-state index in [0.29, 0.717) is 12.3 Å². The minimum atomic E-state index is -2.83. The maximum Gasteiger partial charge on any atom is 0.151 e. The van der Waals surface area contributed by atoms with Crippen molar-refractivity contribution in [2.75, 3.05) is 24.3 Å². The van der Waals surface area contributed by atoms with Crippen molar-refractivity contribution in [3.05, 3.63) is 28.2 Å². The molecule has 1 aromatic carbocycles. The van der Waals surface area contributed by atoms with Gasteiger partial charge < -0.3 is 5.73 Å². The minimum absolute atomic E-state index is 0.109. The van der Waals surface area contributed by atoms with E-state index in [9.17, 15) is 8.42 Å².